The van der Waals surface area contributed by atoms with Crippen molar-refractivity contribution < 1.29 is 35.8 Å². The largest absolute Gasteiger partial charge is 0.508 e. The maximum absolute atomic E-state index is 17.5. The number of aromatic nitrogens is 2. The zero-order valence-electron chi connectivity index (χ0n) is 28.3. The summed E-state index contributed by atoms with van der Waals surface area (Å²) < 4.78 is 96.0. The van der Waals surface area contributed by atoms with E-state index in [0.29, 0.717) is 43.8 Å². The van der Waals surface area contributed by atoms with Crippen molar-refractivity contribution in [3.8, 4) is 35.2 Å². The summed E-state index contributed by atoms with van der Waals surface area (Å²) in [6, 6.07) is 6.68. The van der Waals surface area contributed by atoms with Crippen molar-refractivity contribution in [1.29, 1.82) is 0 Å². The SMILES string of the molecule is C#Cc1c(F)ccc2cc(O)cc(-c3c(NS(C)(=O)=O)cc4c(N5C[C@H]6CC[C@@H](C5)N6)nc(OC[C@@]56CCCN5C[C@@]5(CC5(F)F)C6)nc4c3F)c12. The number of alkyl halides is 2. The van der Waals surface area contributed by atoms with Gasteiger partial charge in [-0.1, -0.05) is 12.0 Å². The number of aromatic hydroxyl groups is 1. The second-order valence-electron chi connectivity index (χ2n) is 15.3. The molecule has 1 aliphatic carbocycles. The molecule has 10 nitrogen and oxygen atoms in total. The number of hydrogen-bond donors (Lipinski definition) is 3. The molecule has 52 heavy (non-hydrogen) atoms. The Morgan fingerprint density at radius 2 is 1.88 bits per heavy atom. The summed E-state index contributed by atoms with van der Waals surface area (Å²) in [5.74, 6) is -2.10. The average molecular weight is 737 g/mol. The third-order valence-corrected chi connectivity index (χ3v) is 12.3. The van der Waals surface area contributed by atoms with Gasteiger partial charge in [0.25, 0.3) is 5.92 Å². The summed E-state index contributed by atoms with van der Waals surface area (Å²) in [5, 5.41) is 14.9. The van der Waals surface area contributed by atoms with Gasteiger partial charge in [-0.2, -0.15) is 9.97 Å². The van der Waals surface area contributed by atoms with Crippen molar-refractivity contribution in [1.82, 2.24) is 20.2 Å². The molecule has 15 heteroatoms. The molecule has 4 atom stereocenters. The van der Waals surface area contributed by atoms with Crippen molar-refractivity contribution in [3.05, 3.63) is 47.5 Å². The quantitative estimate of drug-likeness (QED) is 0.170. The van der Waals surface area contributed by atoms with E-state index in [4.69, 9.17) is 16.1 Å². The van der Waals surface area contributed by atoms with Crippen LogP contribution in [-0.4, -0.2) is 91.0 Å². The van der Waals surface area contributed by atoms with Gasteiger partial charge in [-0.05, 0) is 73.9 Å². The minimum Gasteiger partial charge on any atom is -0.508 e. The van der Waals surface area contributed by atoms with Crippen LogP contribution in [0.2, 0.25) is 0 Å². The monoisotopic (exact) mass is 736 g/mol. The van der Waals surface area contributed by atoms with E-state index in [1.165, 1.54) is 24.3 Å². The number of rotatable bonds is 7. The maximum Gasteiger partial charge on any atom is 0.319 e. The van der Waals surface area contributed by atoms with Gasteiger partial charge in [0.2, 0.25) is 10.0 Å². The predicted octanol–water partition coefficient (Wildman–Crippen LogP) is 5.37. The van der Waals surface area contributed by atoms with Crippen LogP contribution in [0.5, 0.6) is 11.8 Å². The van der Waals surface area contributed by atoms with Crippen LogP contribution in [0.4, 0.5) is 29.1 Å². The first-order valence-corrected chi connectivity index (χ1v) is 19.3. The Bertz CT molecular complexity index is 2340. The molecule has 4 aliphatic heterocycles. The number of anilines is 2. The molecule has 5 fully saturated rings. The highest BCUT2D eigenvalue weighted by atomic mass is 32.2. The number of benzene rings is 3. The topological polar surface area (TPSA) is 120 Å². The molecule has 3 N–H and O–H groups in total. The lowest BCUT2D eigenvalue weighted by Crippen LogP contribution is -2.51. The molecule has 272 valence electrons. The summed E-state index contributed by atoms with van der Waals surface area (Å²) in [4.78, 5) is 13.4. The fraction of sp³-hybridized carbons (Fsp3) is 0.459. The Morgan fingerprint density at radius 1 is 1.13 bits per heavy atom. The summed E-state index contributed by atoms with van der Waals surface area (Å²) in [5.41, 5.74) is -2.65. The molecule has 2 bridgehead atoms. The number of piperazine rings is 1. The third-order valence-electron chi connectivity index (χ3n) is 11.8. The highest BCUT2D eigenvalue weighted by molar-refractivity contribution is 7.92. The van der Waals surface area contributed by atoms with E-state index in [0.717, 1.165) is 31.6 Å². The van der Waals surface area contributed by atoms with Crippen molar-refractivity contribution in [2.45, 2.75) is 62.1 Å². The molecular formula is C37H36F4N6O4S. The van der Waals surface area contributed by atoms with Crippen LogP contribution in [0.3, 0.4) is 0 Å². The van der Waals surface area contributed by atoms with E-state index in [-0.39, 0.29) is 82.0 Å². The first kappa shape index (κ1) is 33.4. The predicted molar refractivity (Wildman–Crippen MR) is 188 cm³/mol. The van der Waals surface area contributed by atoms with Gasteiger partial charge in [-0.25, -0.2) is 26.0 Å². The van der Waals surface area contributed by atoms with E-state index in [9.17, 15) is 22.3 Å². The van der Waals surface area contributed by atoms with Crippen molar-refractivity contribution >= 4 is 43.2 Å². The summed E-state index contributed by atoms with van der Waals surface area (Å²) >= 11 is 0. The normalized spacial score (nSPS) is 27.7. The lowest BCUT2D eigenvalue weighted by molar-refractivity contribution is 0.0647. The van der Waals surface area contributed by atoms with Crippen molar-refractivity contribution in [2.75, 3.05) is 48.7 Å². The maximum atomic E-state index is 17.5. The number of halogens is 4. The van der Waals surface area contributed by atoms with Crippen molar-refractivity contribution in [2.24, 2.45) is 5.41 Å². The average Bonchev–Trinajstić information content (AvgIpc) is 3.40. The zero-order valence-corrected chi connectivity index (χ0v) is 29.1. The Kier molecular flexibility index (Phi) is 7.27. The smallest absolute Gasteiger partial charge is 0.319 e. The lowest BCUT2D eigenvalue weighted by Gasteiger charge is -2.35. The van der Waals surface area contributed by atoms with E-state index in [1.54, 1.807) is 0 Å². The minimum atomic E-state index is -4.01. The summed E-state index contributed by atoms with van der Waals surface area (Å²) in [6.07, 6.45) is 10.2. The standard InChI is InChI=1S/C37H36F4N6O4S/c1-3-24-27(38)8-5-20-11-23(48)12-25(29(20)24)30-28(45-52(2,49)50)13-26-32(31(30)39)43-34(44-33(26)46-14-21-6-7-22(15-46)42-21)51-19-36-9-4-10-47(36)18-35(16-36)17-37(35,40)41/h1,5,8,11-13,21-22,42,45,48H,4,6-7,9-10,14-19H2,2H3/t21-,22+,35-,36-/m0/s1. The number of nitrogens with one attached hydrogen (secondary N) is 2. The fourth-order valence-electron chi connectivity index (χ4n) is 9.42. The van der Waals surface area contributed by atoms with Gasteiger partial charge in [0.1, 0.15) is 29.5 Å². The highest BCUT2D eigenvalue weighted by Gasteiger charge is 2.77. The van der Waals surface area contributed by atoms with Crippen LogP contribution >= 0.6 is 0 Å². The van der Waals surface area contributed by atoms with Crippen LogP contribution in [0, 0.1) is 29.4 Å². The Balaban J connectivity index is 1.24. The number of phenols is 1. The van der Waals surface area contributed by atoms with E-state index >= 15 is 8.78 Å². The number of hydrogen-bond acceptors (Lipinski definition) is 9. The molecule has 4 aromatic rings. The molecule has 1 saturated carbocycles. The number of nitrogens with zero attached hydrogens (tertiary/aromatic N) is 4. The number of phenolic OH excluding ortho intramolecular Hbond substituents is 1. The van der Waals surface area contributed by atoms with Crippen LogP contribution in [0.15, 0.2) is 30.3 Å². The molecule has 0 amide bonds. The number of fused-ring (bicyclic) bond motifs is 5. The second kappa shape index (κ2) is 11.3. The van der Waals surface area contributed by atoms with Gasteiger partial charge in [0.15, 0.2) is 5.82 Å². The first-order valence-electron chi connectivity index (χ1n) is 17.4. The molecule has 3 aromatic carbocycles. The number of sulfonamides is 1. The second-order valence-corrected chi connectivity index (χ2v) is 17.0. The van der Waals surface area contributed by atoms with Crippen LogP contribution < -0.4 is 19.7 Å². The van der Waals surface area contributed by atoms with Gasteiger partial charge in [-0.3, -0.25) is 9.62 Å². The first-order chi connectivity index (χ1) is 24.7. The summed E-state index contributed by atoms with van der Waals surface area (Å²) in [6.45, 7) is 2.09. The zero-order chi connectivity index (χ0) is 36.4. The molecule has 5 heterocycles. The Morgan fingerprint density at radius 3 is 2.58 bits per heavy atom. The highest BCUT2D eigenvalue weighted by Crippen LogP contribution is 2.69. The Hall–Kier alpha value is -4.39. The lowest BCUT2D eigenvalue weighted by atomic mass is 9.89. The molecule has 1 aromatic heterocycles. The molecule has 0 radical (unpaired) electrons. The fourth-order valence-corrected chi connectivity index (χ4v) is 9.98. The van der Waals surface area contributed by atoms with Crippen LogP contribution in [0.25, 0.3) is 32.8 Å². The Labute approximate surface area is 297 Å². The van der Waals surface area contributed by atoms with E-state index in [1.807, 2.05) is 4.90 Å². The van der Waals surface area contributed by atoms with Gasteiger partial charge in [-0.15, -0.1) is 6.42 Å². The van der Waals surface area contributed by atoms with Crippen LogP contribution in [-0.2, 0) is 10.0 Å². The molecule has 1 spiro atoms. The van der Waals surface area contributed by atoms with E-state index in [2.05, 4.69) is 25.8 Å². The van der Waals surface area contributed by atoms with E-state index < -0.39 is 38.5 Å². The van der Waals surface area contributed by atoms with Gasteiger partial charge in [0.05, 0.1) is 28.5 Å². The van der Waals surface area contributed by atoms with Crippen molar-refractivity contribution in [3.63, 3.8) is 0 Å². The van der Waals surface area contributed by atoms with Gasteiger partial charge in [0, 0.05) is 54.5 Å². The summed E-state index contributed by atoms with van der Waals surface area (Å²) in [7, 11) is -4.01. The third kappa shape index (κ3) is 5.24. The minimum absolute atomic E-state index is 0.0345. The molecule has 4 saturated heterocycles. The number of ether oxygens (including phenoxy) is 1. The number of terminal acetylenes is 1. The van der Waals surface area contributed by atoms with Gasteiger partial charge < -0.3 is 20.1 Å². The molecule has 9 rings (SSSR count). The molecule has 0 unspecified atom stereocenters. The molecular weight excluding hydrogens is 701 g/mol. The van der Waals surface area contributed by atoms with Gasteiger partial charge >= 0.3 is 6.01 Å². The molecule has 5 aliphatic rings. The van der Waals surface area contributed by atoms with Crippen LogP contribution in [0.1, 0.15) is 44.1 Å².